The summed E-state index contributed by atoms with van der Waals surface area (Å²) in [5, 5.41) is 6.71. The predicted octanol–water partition coefficient (Wildman–Crippen LogP) is 2.80. The maximum atomic E-state index is 12.9. The normalized spacial score (nSPS) is 18.7. The number of fused-ring (bicyclic) bond motifs is 2. The lowest BCUT2D eigenvalue weighted by molar-refractivity contribution is -0.644. The van der Waals surface area contributed by atoms with Gasteiger partial charge >= 0.3 is 0 Å². The summed E-state index contributed by atoms with van der Waals surface area (Å²) in [7, 11) is 1.97. The SMILES string of the molecule is CC1=NC2C=CC(NC(=O)c3cccc(C(=O)Nc4ccc5c(ccc[n+]5C)c4)n3)=CC2C(N)=C1. The minimum Gasteiger partial charge on any atom is -0.401 e. The summed E-state index contributed by atoms with van der Waals surface area (Å²) in [6.07, 6.45) is 9.43. The number of allylic oxidation sites excluding steroid dienone is 2. The summed E-state index contributed by atoms with van der Waals surface area (Å²) < 4.78 is 2.01. The molecule has 1 aliphatic carbocycles. The fourth-order valence-electron chi connectivity index (χ4n) is 4.30. The first-order valence-corrected chi connectivity index (χ1v) is 11.3. The van der Waals surface area contributed by atoms with E-state index in [2.05, 4.69) is 20.6 Å². The molecule has 1 aliphatic heterocycles. The summed E-state index contributed by atoms with van der Waals surface area (Å²) in [6, 6.07) is 14.3. The molecule has 0 spiro atoms. The highest BCUT2D eigenvalue weighted by atomic mass is 16.2. The molecule has 4 N–H and O–H groups in total. The molecule has 8 heteroatoms. The first-order valence-electron chi connectivity index (χ1n) is 11.3. The lowest BCUT2D eigenvalue weighted by Crippen LogP contribution is -2.32. The van der Waals surface area contributed by atoms with Crippen LogP contribution in [0.3, 0.4) is 0 Å². The number of carbonyl (C=O) groups excluding carboxylic acids is 2. The maximum Gasteiger partial charge on any atom is 0.274 e. The molecule has 0 saturated heterocycles. The summed E-state index contributed by atoms with van der Waals surface area (Å²) in [5.74, 6) is -0.911. The van der Waals surface area contributed by atoms with Crippen molar-refractivity contribution in [2.45, 2.75) is 13.0 Å². The van der Waals surface area contributed by atoms with Crippen LogP contribution >= 0.6 is 0 Å². The van der Waals surface area contributed by atoms with Gasteiger partial charge in [0.25, 0.3) is 11.8 Å². The van der Waals surface area contributed by atoms with Gasteiger partial charge in [-0.25, -0.2) is 9.55 Å². The van der Waals surface area contributed by atoms with Crippen LogP contribution in [0.4, 0.5) is 5.69 Å². The number of aromatic nitrogens is 2. The molecule has 2 atom stereocenters. The first-order chi connectivity index (χ1) is 16.9. The standard InChI is InChI=1S/C27H24N6O2/c1-16-13-21(28)20-15-19(8-10-22(20)29-16)31-27(35)24-7-3-6-23(32-24)26(34)30-18-9-11-25-17(14-18)5-4-12-33(25)2/h3-15,20,22H,1-2H3,(H3-,28,29,30,31,34,35)/p+1. The fourth-order valence-corrected chi connectivity index (χ4v) is 4.30. The summed E-state index contributed by atoms with van der Waals surface area (Å²) in [6.45, 7) is 1.91. The van der Waals surface area contributed by atoms with Gasteiger partial charge in [-0.2, -0.15) is 0 Å². The average molecular weight is 466 g/mol. The Labute approximate surface area is 202 Å². The molecule has 2 aromatic heterocycles. The minimum absolute atomic E-state index is 0.0663. The van der Waals surface area contributed by atoms with Crippen LogP contribution in [0.2, 0.25) is 0 Å². The van der Waals surface area contributed by atoms with Gasteiger partial charge in [-0.1, -0.05) is 12.1 Å². The number of carbonyl (C=O) groups is 2. The predicted molar refractivity (Wildman–Crippen MR) is 135 cm³/mol. The van der Waals surface area contributed by atoms with E-state index in [-0.39, 0.29) is 23.3 Å². The van der Waals surface area contributed by atoms with Crippen molar-refractivity contribution in [1.29, 1.82) is 0 Å². The second-order valence-electron chi connectivity index (χ2n) is 8.62. The summed E-state index contributed by atoms with van der Waals surface area (Å²) >= 11 is 0. The first kappa shape index (κ1) is 22.2. The average Bonchev–Trinajstić information content (AvgIpc) is 2.84. The smallest absolute Gasteiger partial charge is 0.274 e. The zero-order valence-corrected chi connectivity index (χ0v) is 19.4. The Morgan fingerprint density at radius 2 is 1.80 bits per heavy atom. The number of nitrogens with one attached hydrogen (secondary N) is 2. The zero-order chi connectivity index (χ0) is 24.5. The number of aliphatic imine (C=N–C) groups is 1. The molecule has 2 aliphatic rings. The summed E-state index contributed by atoms with van der Waals surface area (Å²) in [4.78, 5) is 34.5. The Morgan fingerprint density at radius 1 is 1.03 bits per heavy atom. The number of benzene rings is 1. The monoisotopic (exact) mass is 465 g/mol. The van der Waals surface area contributed by atoms with Crippen LogP contribution < -0.4 is 20.9 Å². The molecular weight excluding hydrogens is 440 g/mol. The van der Waals surface area contributed by atoms with Crippen LogP contribution in [0.15, 0.2) is 95.4 Å². The highest BCUT2D eigenvalue weighted by Crippen LogP contribution is 2.27. The van der Waals surface area contributed by atoms with E-state index >= 15 is 0 Å². The highest BCUT2D eigenvalue weighted by Gasteiger charge is 2.26. The number of amides is 2. The van der Waals surface area contributed by atoms with Crippen LogP contribution in [0, 0.1) is 5.92 Å². The van der Waals surface area contributed by atoms with E-state index in [0.717, 1.165) is 16.6 Å². The Balaban J connectivity index is 1.29. The van der Waals surface area contributed by atoms with Crippen LogP contribution in [0.1, 0.15) is 27.9 Å². The molecule has 2 amide bonds. The molecule has 0 saturated carbocycles. The van der Waals surface area contributed by atoms with Crippen LogP contribution in [-0.2, 0) is 7.05 Å². The number of hydrogen-bond acceptors (Lipinski definition) is 5. The maximum absolute atomic E-state index is 12.9. The molecule has 2 unspecified atom stereocenters. The van der Waals surface area contributed by atoms with Crippen molar-refractivity contribution in [1.82, 2.24) is 10.3 Å². The van der Waals surface area contributed by atoms with E-state index in [1.165, 1.54) is 0 Å². The van der Waals surface area contributed by atoms with Gasteiger partial charge in [-0.15, -0.1) is 0 Å². The van der Waals surface area contributed by atoms with Crippen LogP contribution in [0.25, 0.3) is 10.9 Å². The van der Waals surface area contributed by atoms with E-state index < -0.39 is 11.8 Å². The quantitative estimate of drug-likeness (QED) is 0.514. The third-order valence-electron chi connectivity index (χ3n) is 6.04. The second-order valence-corrected chi connectivity index (χ2v) is 8.62. The number of anilines is 1. The number of aryl methyl sites for hydroxylation is 1. The molecule has 5 rings (SSSR count). The molecule has 35 heavy (non-hydrogen) atoms. The van der Waals surface area contributed by atoms with Gasteiger partial charge in [0.05, 0.1) is 6.04 Å². The van der Waals surface area contributed by atoms with Crippen LogP contribution in [-0.4, -0.2) is 28.6 Å². The van der Waals surface area contributed by atoms with Gasteiger partial charge in [0.1, 0.15) is 18.4 Å². The number of nitrogens with two attached hydrogens (primary N) is 1. The van der Waals surface area contributed by atoms with Crippen molar-refractivity contribution >= 4 is 34.1 Å². The third kappa shape index (κ3) is 4.59. The molecule has 0 fully saturated rings. The van der Waals surface area contributed by atoms with E-state index in [9.17, 15) is 9.59 Å². The number of rotatable bonds is 4. The molecule has 1 aromatic carbocycles. The van der Waals surface area contributed by atoms with Gasteiger partial charge in [-0.3, -0.25) is 14.6 Å². The van der Waals surface area contributed by atoms with Crippen molar-refractivity contribution in [3.8, 4) is 0 Å². The largest absolute Gasteiger partial charge is 0.401 e. The Morgan fingerprint density at radius 3 is 2.60 bits per heavy atom. The number of nitrogens with zero attached hydrogens (tertiary/aromatic N) is 3. The van der Waals surface area contributed by atoms with Crippen molar-refractivity contribution in [3.63, 3.8) is 0 Å². The van der Waals surface area contributed by atoms with Crippen molar-refractivity contribution in [2.75, 3.05) is 5.32 Å². The van der Waals surface area contributed by atoms with E-state index in [0.29, 0.717) is 17.1 Å². The molecule has 8 nitrogen and oxygen atoms in total. The molecule has 0 radical (unpaired) electrons. The third-order valence-corrected chi connectivity index (χ3v) is 6.04. The van der Waals surface area contributed by atoms with Gasteiger partial charge < -0.3 is 16.4 Å². The highest BCUT2D eigenvalue weighted by molar-refractivity contribution is 6.04. The van der Waals surface area contributed by atoms with Crippen LogP contribution in [0.5, 0.6) is 0 Å². The van der Waals surface area contributed by atoms with Crippen molar-refractivity contribution in [3.05, 3.63) is 102 Å². The van der Waals surface area contributed by atoms with E-state index in [1.54, 1.807) is 18.2 Å². The number of hydrogen-bond donors (Lipinski definition) is 3. The second kappa shape index (κ2) is 8.98. The number of pyridine rings is 2. The lowest BCUT2D eigenvalue weighted by atomic mass is 9.88. The molecule has 3 aromatic rings. The lowest BCUT2D eigenvalue weighted by Gasteiger charge is -2.27. The Hall–Kier alpha value is -4.59. The number of dihydropyridines is 1. The summed E-state index contributed by atoms with van der Waals surface area (Å²) in [5.41, 5.74) is 10.4. The molecular formula is C27H25N6O2+. The van der Waals surface area contributed by atoms with E-state index in [1.807, 2.05) is 79.4 Å². The van der Waals surface area contributed by atoms with Crippen molar-refractivity contribution < 1.29 is 14.2 Å². The Bertz CT molecular complexity index is 1480. The minimum atomic E-state index is -0.412. The van der Waals surface area contributed by atoms with Gasteiger partial charge in [-0.05, 0) is 55.5 Å². The van der Waals surface area contributed by atoms with Gasteiger partial charge in [0.15, 0.2) is 6.20 Å². The zero-order valence-electron chi connectivity index (χ0n) is 19.4. The van der Waals surface area contributed by atoms with E-state index in [4.69, 9.17) is 5.73 Å². The molecule has 0 bridgehead atoms. The topological polar surface area (TPSA) is 113 Å². The molecule has 3 heterocycles. The van der Waals surface area contributed by atoms with Gasteiger partial charge in [0, 0.05) is 46.2 Å². The Kier molecular flexibility index (Phi) is 5.70. The molecule has 174 valence electrons. The fraction of sp³-hybridized carbons (Fsp3) is 0.148. The van der Waals surface area contributed by atoms with Gasteiger partial charge in [0.2, 0.25) is 5.52 Å². The van der Waals surface area contributed by atoms with Crippen molar-refractivity contribution in [2.24, 2.45) is 23.7 Å².